The molecule has 0 atom stereocenters. The summed E-state index contributed by atoms with van der Waals surface area (Å²) in [6.45, 7) is 4.84. The number of aromatic nitrogens is 1. The van der Waals surface area contributed by atoms with Gasteiger partial charge in [0, 0.05) is 18.1 Å². The minimum atomic E-state index is 0.692. The first-order chi connectivity index (χ1) is 8.92. The van der Waals surface area contributed by atoms with Crippen molar-refractivity contribution in [3.05, 3.63) is 36.5 Å². The normalized spacial score (nSPS) is 10.7. The molecule has 1 aromatic heterocycles. The van der Waals surface area contributed by atoms with Gasteiger partial charge in [0.05, 0.1) is 5.52 Å². The van der Waals surface area contributed by atoms with Crippen molar-refractivity contribution in [2.24, 2.45) is 0 Å². The maximum atomic E-state index is 5.80. The topological polar surface area (TPSA) is 34.1 Å². The molecule has 0 radical (unpaired) electrons. The molecule has 96 valence electrons. The van der Waals surface area contributed by atoms with Crippen LogP contribution >= 0.6 is 0 Å². The highest BCUT2D eigenvalue weighted by Crippen LogP contribution is 2.23. The molecule has 2 rings (SSSR count). The Morgan fingerprint density at radius 3 is 3.00 bits per heavy atom. The van der Waals surface area contributed by atoms with Gasteiger partial charge < -0.3 is 10.1 Å². The Hall–Kier alpha value is -1.61. The van der Waals surface area contributed by atoms with Crippen molar-refractivity contribution in [1.29, 1.82) is 0 Å². The fraction of sp³-hybridized carbons (Fsp3) is 0.400. The molecular formula is C15H20N2O. The van der Waals surface area contributed by atoms with Gasteiger partial charge in [-0.25, -0.2) is 0 Å². The highest BCUT2D eigenvalue weighted by Gasteiger charge is 2.01. The van der Waals surface area contributed by atoms with Crippen molar-refractivity contribution >= 4 is 10.9 Å². The lowest BCUT2D eigenvalue weighted by atomic mass is 10.2. The Labute approximate surface area is 108 Å². The number of hydrogen-bond donors (Lipinski definition) is 1. The molecule has 1 aromatic carbocycles. The van der Waals surface area contributed by atoms with Gasteiger partial charge in [-0.2, -0.15) is 0 Å². The van der Waals surface area contributed by atoms with Crippen molar-refractivity contribution in [3.63, 3.8) is 0 Å². The van der Waals surface area contributed by atoms with Crippen LogP contribution in [0.1, 0.15) is 19.8 Å². The zero-order valence-corrected chi connectivity index (χ0v) is 10.9. The maximum absolute atomic E-state index is 5.80. The van der Waals surface area contributed by atoms with E-state index in [0.29, 0.717) is 6.61 Å². The van der Waals surface area contributed by atoms with Gasteiger partial charge in [-0.1, -0.05) is 19.4 Å². The summed E-state index contributed by atoms with van der Waals surface area (Å²) in [6, 6.07) is 9.96. The van der Waals surface area contributed by atoms with Crippen LogP contribution in [-0.2, 0) is 0 Å². The summed E-state index contributed by atoms with van der Waals surface area (Å²) in [4.78, 5) is 4.31. The average molecular weight is 244 g/mol. The van der Waals surface area contributed by atoms with Gasteiger partial charge in [-0.05, 0) is 37.2 Å². The van der Waals surface area contributed by atoms with Crippen LogP contribution in [0.15, 0.2) is 36.5 Å². The molecule has 0 saturated carbocycles. The Balaban J connectivity index is 1.88. The van der Waals surface area contributed by atoms with Crippen LogP contribution < -0.4 is 10.1 Å². The largest absolute Gasteiger partial charge is 0.492 e. The molecule has 0 aliphatic heterocycles. The molecule has 3 nitrogen and oxygen atoms in total. The molecule has 0 aliphatic carbocycles. The van der Waals surface area contributed by atoms with Gasteiger partial charge in [0.25, 0.3) is 0 Å². The third-order valence-corrected chi connectivity index (χ3v) is 2.85. The summed E-state index contributed by atoms with van der Waals surface area (Å²) in [7, 11) is 0. The van der Waals surface area contributed by atoms with Gasteiger partial charge in [0.2, 0.25) is 0 Å². The van der Waals surface area contributed by atoms with Gasteiger partial charge in [0.1, 0.15) is 12.4 Å². The van der Waals surface area contributed by atoms with E-state index in [-0.39, 0.29) is 0 Å². The second-order valence-corrected chi connectivity index (χ2v) is 4.28. The van der Waals surface area contributed by atoms with Gasteiger partial charge in [-0.3, -0.25) is 4.98 Å². The number of ether oxygens (including phenoxy) is 1. The van der Waals surface area contributed by atoms with E-state index in [1.165, 1.54) is 12.8 Å². The minimum absolute atomic E-state index is 0.692. The van der Waals surface area contributed by atoms with Crippen LogP contribution in [0.25, 0.3) is 10.9 Å². The van der Waals surface area contributed by atoms with E-state index in [9.17, 15) is 0 Å². The molecule has 0 aliphatic rings. The highest BCUT2D eigenvalue weighted by atomic mass is 16.5. The number of hydrogen-bond acceptors (Lipinski definition) is 3. The predicted octanol–water partition coefficient (Wildman–Crippen LogP) is 3.00. The van der Waals surface area contributed by atoms with Crippen LogP contribution in [0.3, 0.4) is 0 Å². The first-order valence-electron chi connectivity index (χ1n) is 6.59. The molecule has 0 unspecified atom stereocenters. The Morgan fingerprint density at radius 1 is 1.17 bits per heavy atom. The van der Waals surface area contributed by atoms with Gasteiger partial charge in [-0.15, -0.1) is 0 Å². The SMILES string of the molecule is CCCCNCCOc1cccc2ncccc12. The van der Waals surface area contributed by atoms with Gasteiger partial charge >= 0.3 is 0 Å². The van der Waals surface area contributed by atoms with E-state index in [0.717, 1.165) is 29.7 Å². The Morgan fingerprint density at radius 2 is 2.11 bits per heavy atom. The summed E-state index contributed by atoms with van der Waals surface area (Å²) in [6.07, 6.45) is 4.25. The second-order valence-electron chi connectivity index (χ2n) is 4.28. The van der Waals surface area contributed by atoms with E-state index in [1.54, 1.807) is 6.20 Å². The quantitative estimate of drug-likeness (QED) is 0.760. The number of unbranched alkanes of at least 4 members (excludes halogenated alkanes) is 1. The lowest BCUT2D eigenvalue weighted by Crippen LogP contribution is -2.22. The zero-order chi connectivity index (χ0) is 12.6. The minimum Gasteiger partial charge on any atom is -0.492 e. The number of nitrogens with zero attached hydrogens (tertiary/aromatic N) is 1. The number of nitrogens with one attached hydrogen (secondary N) is 1. The molecule has 0 saturated heterocycles. The third kappa shape index (κ3) is 3.44. The molecule has 2 aromatic rings. The number of pyridine rings is 1. The summed E-state index contributed by atoms with van der Waals surface area (Å²) < 4.78 is 5.80. The van der Waals surface area contributed by atoms with E-state index >= 15 is 0 Å². The number of fused-ring (bicyclic) bond motifs is 1. The second kappa shape index (κ2) is 6.97. The molecule has 18 heavy (non-hydrogen) atoms. The summed E-state index contributed by atoms with van der Waals surface area (Å²) in [5.74, 6) is 0.915. The van der Waals surface area contributed by atoms with Crippen LogP contribution in [0.5, 0.6) is 5.75 Å². The first-order valence-corrected chi connectivity index (χ1v) is 6.59. The van der Waals surface area contributed by atoms with Crippen molar-refractivity contribution < 1.29 is 4.74 Å². The van der Waals surface area contributed by atoms with Crippen molar-refractivity contribution in [1.82, 2.24) is 10.3 Å². The van der Waals surface area contributed by atoms with Gasteiger partial charge in [0.15, 0.2) is 0 Å². The monoisotopic (exact) mass is 244 g/mol. The Kier molecular flexibility index (Phi) is 4.97. The summed E-state index contributed by atoms with van der Waals surface area (Å²) >= 11 is 0. The molecular weight excluding hydrogens is 224 g/mol. The lowest BCUT2D eigenvalue weighted by Gasteiger charge is -2.09. The van der Waals surface area contributed by atoms with Crippen molar-refractivity contribution in [3.8, 4) is 5.75 Å². The van der Waals surface area contributed by atoms with Crippen LogP contribution in [0.4, 0.5) is 0 Å². The molecule has 3 heteroatoms. The predicted molar refractivity (Wildman–Crippen MR) is 75.0 cm³/mol. The van der Waals surface area contributed by atoms with Crippen LogP contribution in [0, 0.1) is 0 Å². The third-order valence-electron chi connectivity index (χ3n) is 2.85. The zero-order valence-electron chi connectivity index (χ0n) is 10.9. The number of rotatable bonds is 7. The molecule has 1 heterocycles. The van der Waals surface area contributed by atoms with Crippen LogP contribution in [-0.4, -0.2) is 24.7 Å². The number of benzene rings is 1. The lowest BCUT2D eigenvalue weighted by molar-refractivity contribution is 0.317. The van der Waals surface area contributed by atoms with E-state index in [1.807, 2.05) is 30.3 Å². The first kappa shape index (κ1) is 12.8. The maximum Gasteiger partial charge on any atom is 0.128 e. The molecule has 0 bridgehead atoms. The fourth-order valence-corrected chi connectivity index (χ4v) is 1.86. The van der Waals surface area contributed by atoms with Crippen LogP contribution in [0.2, 0.25) is 0 Å². The fourth-order valence-electron chi connectivity index (χ4n) is 1.86. The molecule has 0 fully saturated rings. The summed E-state index contributed by atoms with van der Waals surface area (Å²) in [5, 5.41) is 4.44. The molecule has 0 spiro atoms. The summed E-state index contributed by atoms with van der Waals surface area (Å²) in [5.41, 5.74) is 0.981. The Bertz CT molecular complexity index is 479. The standard InChI is InChI=1S/C15H20N2O/c1-2-3-9-16-11-12-18-15-8-4-7-14-13(15)6-5-10-17-14/h4-8,10,16H,2-3,9,11-12H2,1H3. The average Bonchev–Trinajstić information content (AvgIpc) is 2.43. The van der Waals surface area contributed by atoms with E-state index in [4.69, 9.17) is 4.74 Å². The smallest absolute Gasteiger partial charge is 0.128 e. The van der Waals surface area contributed by atoms with E-state index < -0.39 is 0 Å². The molecule has 1 N–H and O–H groups in total. The molecule has 0 amide bonds. The van der Waals surface area contributed by atoms with Crippen molar-refractivity contribution in [2.45, 2.75) is 19.8 Å². The van der Waals surface area contributed by atoms with E-state index in [2.05, 4.69) is 17.2 Å². The van der Waals surface area contributed by atoms with Crippen molar-refractivity contribution in [2.75, 3.05) is 19.7 Å². The highest BCUT2D eigenvalue weighted by molar-refractivity contribution is 5.84.